The van der Waals surface area contributed by atoms with Gasteiger partial charge in [0.1, 0.15) is 29.0 Å². The van der Waals surface area contributed by atoms with E-state index < -0.39 is 18.0 Å². The number of nitrogens with one attached hydrogen (secondary N) is 2. The van der Waals surface area contributed by atoms with Gasteiger partial charge in [-0.2, -0.15) is 5.10 Å². The molecule has 1 aliphatic carbocycles. The Morgan fingerprint density at radius 3 is 2.87 bits per heavy atom. The highest BCUT2D eigenvalue weighted by molar-refractivity contribution is 5.62. The Morgan fingerprint density at radius 2 is 2.13 bits per heavy atom. The van der Waals surface area contributed by atoms with Crippen LogP contribution in [0.25, 0.3) is 17.0 Å². The second-order valence-electron chi connectivity index (χ2n) is 7.98. The van der Waals surface area contributed by atoms with E-state index in [0.29, 0.717) is 55.1 Å². The molecule has 164 valence electrons. The lowest BCUT2D eigenvalue weighted by Gasteiger charge is -2.31. The molecular weight excluding hydrogens is 408 g/mol. The molecule has 1 aliphatic heterocycles. The summed E-state index contributed by atoms with van der Waals surface area (Å²) in [5.41, 5.74) is 1.52. The SMILES string of the molecule is COc1cc2ncc(-c3nc(N[C@H]4CNCC[C@@H]4F)ncc3F)n2nc1C1CC(O)C1. The fraction of sp³-hybridized carbons (Fsp3) is 0.500. The Morgan fingerprint density at radius 1 is 1.29 bits per heavy atom. The van der Waals surface area contributed by atoms with Gasteiger partial charge in [0, 0.05) is 18.5 Å². The molecule has 2 aliphatic rings. The van der Waals surface area contributed by atoms with Crippen molar-refractivity contribution < 1.29 is 18.6 Å². The molecule has 3 N–H and O–H groups in total. The van der Waals surface area contributed by atoms with Gasteiger partial charge in [0.2, 0.25) is 5.95 Å². The van der Waals surface area contributed by atoms with Crippen LogP contribution in [0.3, 0.4) is 0 Å². The minimum atomic E-state index is -1.04. The first kappa shape index (κ1) is 20.0. The molecule has 0 radical (unpaired) electrons. The summed E-state index contributed by atoms with van der Waals surface area (Å²) < 4.78 is 35.8. The molecule has 1 saturated carbocycles. The number of rotatable bonds is 5. The number of ether oxygens (including phenoxy) is 1. The lowest BCUT2D eigenvalue weighted by molar-refractivity contribution is 0.0718. The molecule has 0 aromatic carbocycles. The van der Waals surface area contributed by atoms with Gasteiger partial charge in [-0.3, -0.25) is 0 Å². The van der Waals surface area contributed by atoms with Crippen LogP contribution in [-0.4, -0.2) is 68.2 Å². The molecule has 0 bridgehead atoms. The Labute approximate surface area is 176 Å². The highest BCUT2D eigenvalue weighted by Crippen LogP contribution is 2.40. The molecule has 31 heavy (non-hydrogen) atoms. The molecule has 1 saturated heterocycles. The van der Waals surface area contributed by atoms with E-state index in [-0.39, 0.29) is 23.7 Å². The third-order valence-corrected chi connectivity index (χ3v) is 5.90. The van der Waals surface area contributed by atoms with Gasteiger partial charge in [0.25, 0.3) is 0 Å². The number of alkyl halides is 1. The number of hydrogen-bond donors (Lipinski definition) is 3. The van der Waals surface area contributed by atoms with E-state index in [1.165, 1.54) is 10.7 Å². The van der Waals surface area contributed by atoms with Crippen molar-refractivity contribution in [1.82, 2.24) is 29.9 Å². The van der Waals surface area contributed by atoms with Gasteiger partial charge in [-0.25, -0.2) is 28.2 Å². The van der Waals surface area contributed by atoms with Crippen molar-refractivity contribution >= 4 is 11.6 Å². The molecule has 2 atom stereocenters. The first-order chi connectivity index (χ1) is 15.0. The zero-order valence-corrected chi connectivity index (χ0v) is 16.9. The Bertz CT molecular complexity index is 1100. The van der Waals surface area contributed by atoms with Crippen molar-refractivity contribution in [2.75, 3.05) is 25.5 Å². The number of aliphatic hydroxyl groups excluding tert-OH is 1. The summed E-state index contributed by atoms with van der Waals surface area (Å²) in [4.78, 5) is 12.6. The number of halogens is 2. The maximum absolute atomic E-state index is 14.7. The van der Waals surface area contributed by atoms with Crippen molar-refractivity contribution in [1.29, 1.82) is 0 Å². The normalized spacial score (nSPS) is 25.9. The minimum Gasteiger partial charge on any atom is -0.495 e. The fourth-order valence-electron chi connectivity index (χ4n) is 4.08. The lowest BCUT2D eigenvalue weighted by atomic mass is 9.80. The average Bonchev–Trinajstić information content (AvgIpc) is 3.16. The molecule has 9 nitrogen and oxygen atoms in total. The van der Waals surface area contributed by atoms with Gasteiger partial charge >= 0.3 is 0 Å². The van der Waals surface area contributed by atoms with Gasteiger partial charge in [0.05, 0.1) is 31.6 Å². The van der Waals surface area contributed by atoms with Crippen molar-refractivity contribution in [3.63, 3.8) is 0 Å². The third-order valence-electron chi connectivity index (χ3n) is 5.90. The molecule has 5 rings (SSSR count). The summed E-state index contributed by atoms with van der Waals surface area (Å²) in [6.45, 7) is 1.05. The van der Waals surface area contributed by atoms with E-state index in [1.807, 2.05) is 0 Å². The Balaban J connectivity index is 1.52. The first-order valence-electron chi connectivity index (χ1n) is 10.3. The number of piperidine rings is 1. The zero-order chi connectivity index (χ0) is 21.5. The van der Waals surface area contributed by atoms with E-state index in [2.05, 4.69) is 30.7 Å². The number of hydrogen-bond acceptors (Lipinski definition) is 8. The Kier molecular flexibility index (Phi) is 5.14. The van der Waals surface area contributed by atoms with Crippen molar-refractivity contribution in [2.24, 2.45) is 0 Å². The highest BCUT2D eigenvalue weighted by atomic mass is 19.1. The quantitative estimate of drug-likeness (QED) is 0.560. The standard InChI is InChI=1S/C20H23F2N7O2/c1-31-16-6-17-24-9-15(29(17)28-18(16)10-4-11(30)5-10)19-13(22)7-25-20(27-19)26-14-8-23-3-2-12(14)21/h6-7,9-12,14,23,30H,2-5,8H2,1H3,(H,25,26,27)/t10?,11?,12-,14-/m0/s1. The number of fused-ring (bicyclic) bond motifs is 1. The molecule has 3 aromatic rings. The van der Waals surface area contributed by atoms with E-state index in [4.69, 9.17) is 4.74 Å². The number of methoxy groups -OCH3 is 1. The molecule has 4 heterocycles. The molecular formula is C20H23F2N7O2. The van der Waals surface area contributed by atoms with Gasteiger partial charge < -0.3 is 20.5 Å². The largest absolute Gasteiger partial charge is 0.495 e. The summed E-state index contributed by atoms with van der Waals surface area (Å²) in [7, 11) is 1.55. The molecule has 0 amide bonds. The lowest BCUT2D eigenvalue weighted by Crippen LogP contribution is -2.46. The van der Waals surface area contributed by atoms with Crippen LogP contribution >= 0.6 is 0 Å². The maximum Gasteiger partial charge on any atom is 0.223 e. The van der Waals surface area contributed by atoms with Gasteiger partial charge in [0.15, 0.2) is 11.5 Å². The number of anilines is 1. The van der Waals surface area contributed by atoms with E-state index in [0.717, 1.165) is 6.20 Å². The Hall–Kier alpha value is -2.92. The average molecular weight is 431 g/mol. The molecule has 11 heteroatoms. The number of aromatic nitrogens is 5. The van der Waals surface area contributed by atoms with Crippen LogP contribution in [0.1, 0.15) is 30.9 Å². The van der Waals surface area contributed by atoms with Crippen LogP contribution in [-0.2, 0) is 0 Å². The van der Waals surface area contributed by atoms with Crippen LogP contribution in [0.2, 0.25) is 0 Å². The zero-order valence-electron chi connectivity index (χ0n) is 16.9. The van der Waals surface area contributed by atoms with Gasteiger partial charge in [-0.1, -0.05) is 0 Å². The minimum absolute atomic E-state index is 0.0152. The van der Waals surface area contributed by atoms with Crippen molar-refractivity contribution in [3.8, 4) is 17.1 Å². The maximum atomic E-state index is 14.7. The second kappa shape index (κ2) is 7.97. The van der Waals surface area contributed by atoms with Crippen LogP contribution in [0.4, 0.5) is 14.7 Å². The van der Waals surface area contributed by atoms with Crippen LogP contribution in [0.5, 0.6) is 5.75 Å². The van der Waals surface area contributed by atoms with Crippen LogP contribution in [0, 0.1) is 5.82 Å². The highest BCUT2D eigenvalue weighted by Gasteiger charge is 2.33. The number of aliphatic hydroxyl groups is 1. The van der Waals surface area contributed by atoms with E-state index in [9.17, 15) is 13.9 Å². The molecule has 2 fully saturated rings. The van der Waals surface area contributed by atoms with Crippen LogP contribution < -0.4 is 15.4 Å². The number of imidazole rings is 1. The summed E-state index contributed by atoms with van der Waals surface area (Å²) in [5.74, 6) is 0.130. The summed E-state index contributed by atoms with van der Waals surface area (Å²) >= 11 is 0. The fourth-order valence-corrected chi connectivity index (χ4v) is 4.08. The van der Waals surface area contributed by atoms with Crippen molar-refractivity contribution in [2.45, 2.75) is 43.5 Å². The smallest absolute Gasteiger partial charge is 0.223 e. The monoisotopic (exact) mass is 431 g/mol. The predicted octanol–water partition coefficient (Wildman–Crippen LogP) is 1.68. The summed E-state index contributed by atoms with van der Waals surface area (Å²) in [6, 6.07) is 1.24. The van der Waals surface area contributed by atoms with E-state index >= 15 is 0 Å². The topological polar surface area (TPSA) is 109 Å². The van der Waals surface area contributed by atoms with Gasteiger partial charge in [-0.05, 0) is 25.8 Å². The summed E-state index contributed by atoms with van der Waals surface area (Å²) in [6.07, 6.45) is 2.73. The molecule has 0 spiro atoms. The predicted molar refractivity (Wildman–Crippen MR) is 108 cm³/mol. The molecule has 3 aromatic heterocycles. The second-order valence-corrected chi connectivity index (χ2v) is 7.98. The van der Waals surface area contributed by atoms with Crippen molar-refractivity contribution in [3.05, 3.63) is 30.0 Å². The number of nitrogens with zero attached hydrogens (tertiary/aromatic N) is 5. The van der Waals surface area contributed by atoms with Gasteiger partial charge in [-0.15, -0.1) is 0 Å². The molecule has 0 unspecified atom stereocenters. The summed E-state index contributed by atoms with van der Waals surface area (Å²) in [5, 5.41) is 20.4. The third kappa shape index (κ3) is 3.68. The van der Waals surface area contributed by atoms with E-state index in [1.54, 1.807) is 13.2 Å². The first-order valence-corrected chi connectivity index (χ1v) is 10.3. The van der Waals surface area contributed by atoms with Crippen LogP contribution in [0.15, 0.2) is 18.5 Å².